The van der Waals surface area contributed by atoms with Gasteiger partial charge in [-0.15, -0.1) is 5.10 Å². The molecule has 270 valence electrons. The third-order valence-corrected chi connectivity index (χ3v) is 15.5. The number of carbonyl (C=O) groups excluding carboxylic acids is 1. The maximum atomic E-state index is 13.0. The average Bonchev–Trinajstić information content (AvgIpc) is 3.77. The van der Waals surface area contributed by atoms with Gasteiger partial charge in [-0.1, -0.05) is 97.1 Å². The number of fused-ring (bicyclic) bond motifs is 1. The highest BCUT2D eigenvalue weighted by Gasteiger charge is 2.50. The molecule has 2 aliphatic heterocycles. The van der Waals surface area contributed by atoms with Gasteiger partial charge in [-0.3, -0.25) is 14.4 Å². The fourth-order valence-corrected chi connectivity index (χ4v) is 12.5. The smallest absolute Gasteiger partial charge is 0.269 e. The van der Waals surface area contributed by atoms with Gasteiger partial charge in [-0.25, -0.2) is 0 Å². The van der Waals surface area contributed by atoms with Crippen molar-refractivity contribution in [2.24, 2.45) is 5.92 Å². The van der Waals surface area contributed by atoms with Crippen LogP contribution in [0, 0.1) is 5.92 Å². The zero-order valence-corrected chi connectivity index (χ0v) is 31.4. The van der Waals surface area contributed by atoms with E-state index in [1.54, 1.807) is 12.0 Å². The van der Waals surface area contributed by atoms with E-state index in [4.69, 9.17) is 14.2 Å². The lowest BCUT2D eigenvalue weighted by atomic mass is 9.95. The Morgan fingerprint density at radius 3 is 2.48 bits per heavy atom. The minimum Gasteiger partial charge on any atom is -0.497 e. The third-order valence-electron chi connectivity index (χ3n) is 11.1. The normalized spacial score (nSPS) is 20.7. The lowest BCUT2D eigenvalue weighted by Gasteiger charge is -2.36. The third kappa shape index (κ3) is 7.28. The van der Waals surface area contributed by atoms with Crippen LogP contribution in [0.2, 0.25) is 18.6 Å². The summed E-state index contributed by atoms with van der Waals surface area (Å²) in [6, 6.07) is 34.6. The number of hydrogen-bond acceptors (Lipinski definition) is 7. The molecule has 1 unspecified atom stereocenters. The quantitative estimate of drug-likeness (QED) is 0.133. The summed E-state index contributed by atoms with van der Waals surface area (Å²) in [6.07, 6.45) is 4.62. The molecule has 2 aliphatic rings. The number of ether oxygens (including phenoxy) is 3. The molecule has 0 saturated carbocycles. The van der Waals surface area contributed by atoms with Gasteiger partial charge in [0.15, 0.2) is 6.61 Å². The molecule has 0 spiro atoms. The lowest BCUT2D eigenvalue weighted by Crippen LogP contribution is -2.50. The number of benzene rings is 4. The van der Waals surface area contributed by atoms with Crippen LogP contribution in [0.15, 0.2) is 109 Å². The summed E-state index contributed by atoms with van der Waals surface area (Å²) >= 11 is 0. The van der Waals surface area contributed by atoms with Gasteiger partial charge in [0.25, 0.3) is 5.91 Å². The van der Waals surface area contributed by atoms with E-state index >= 15 is 0 Å². The molecule has 3 heterocycles. The Bertz CT molecular complexity index is 1970. The molecule has 52 heavy (non-hydrogen) atoms. The molecule has 1 saturated heterocycles. The van der Waals surface area contributed by atoms with Gasteiger partial charge in [-0.05, 0) is 78.2 Å². The first-order valence-corrected chi connectivity index (χ1v) is 21.3. The molecule has 1 amide bonds. The number of methoxy groups -OCH3 is 1. The predicted molar refractivity (Wildman–Crippen MR) is 206 cm³/mol. The summed E-state index contributed by atoms with van der Waals surface area (Å²) in [5, 5.41) is 20.5. The summed E-state index contributed by atoms with van der Waals surface area (Å²) in [6.45, 7) is 7.97. The second kappa shape index (κ2) is 15.5. The van der Waals surface area contributed by atoms with Gasteiger partial charge >= 0.3 is 0 Å². The van der Waals surface area contributed by atoms with Crippen molar-refractivity contribution in [1.82, 2.24) is 15.0 Å². The zero-order valence-electron chi connectivity index (χ0n) is 30.4. The molecular formula is C42H48N4O5Si. The number of aromatic nitrogens is 3. The van der Waals surface area contributed by atoms with E-state index in [0.717, 1.165) is 47.6 Å². The fraction of sp³-hybridized carbons (Fsp3) is 0.357. The Hall–Kier alpha value is -4.77. The van der Waals surface area contributed by atoms with Crippen LogP contribution in [-0.2, 0) is 22.5 Å². The number of para-hydroxylation sites is 2. The van der Waals surface area contributed by atoms with Crippen LogP contribution in [0.4, 0.5) is 11.4 Å². The molecule has 1 N–H and O–H groups in total. The molecule has 0 radical (unpaired) electrons. The van der Waals surface area contributed by atoms with Crippen molar-refractivity contribution in [1.29, 1.82) is 0 Å². The molecule has 7 rings (SSSR count). The summed E-state index contributed by atoms with van der Waals surface area (Å²) in [5.74, 6) is 1.62. The molecule has 10 heteroatoms. The SMILES string of the molecule is COc1ccc([Si](C)(C)[C@H]2[C@H](C)[C@H](CCc3cccc(N4C(=O)COc5ccccc54)c3)O[C@@H]2CCn2cc(C(CO)c3ccccc3)nn2)cc1. The molecule has 1 aromatic heterocycles. The highest BCUT2D eigenvalue weighted by Crippen LogP contribution is 2.47. The van der Waals surface area contributed by atoms with E-state index in [-0.39, 0.29) is 37.2 Å². The van der Waals surface area contributed by atoms with Crippen LogP contribution in [0.25, 0.3) is 0 Å². The Balaban J connectivity index is 1.09. The summed E-state index contributed by atoms with van der Waals surface area (Å²) in [4.78, 5) is 14.8. The highest BCUT2D eigenvalue weighted by atomic mass is 28.3. The second-order valence-corrected chi connectivity index (χ2v) is 19.3. The maximum absolute atomic E-state index is 13.0. The lowest BCUT2D eigenvalue weighted by molar-refractivity contribution is -0.120. The van der Waals surface area contributed by atoms with Crippen molar-refractivity contribution in [3.05, 3.63) is 126 Å². The van der Waals surface area contributed by atoms with E-state index in [1.807, 2.05) is 77.6 Å². The van der Waals surface area contributed by atoms with Crippen LogP contribution in [0.3, 0.4) is 0 Å². The Kier molecular flexibility index (Phi) is 10.6. The van der Waals surface area contributed by atoms with E-state index in [1.165, 1.54) is 10.8 Å². The van der Waals surface area contributed by atoms with E-state index < -0.39 is 8.07 Å². The molecule has 5 atom stereocenters. The summed E-state index contributed by atoms with van der Waals surface area (Å²) < 4.78 is 20.1. The molecule has 1 fully saturated rings. The van der Waals surface area contributed by atoms with Crippen molar-refractivity contribution >= 4 is 30.5 Å². The maximum Gasteiger partial charge on any atom is 0.269 e. The minimum absolute atomic E-state index is 0.0241. The number of rotatable bonds is 13. The predicted octanol–water partition coefficient (Wildman–Crippen LogP) is 6.88. The van der Waals surface area contributed by atoms with Gasteiger partial charge < -0.3 is 19.3 Å². The largest absolute Gasteiger partial charge is 0.497 e. The molecule has 0 bridgehead atoms. The second-order valence-electron chi connectivity index (χ2n) is 14.6. The number of aryl methyl sites for hydroxylation is 2. The van der Waals surface area contributed by atoms with Crippen molar-refractivity contribution < 1.29 is 24.1 Å². The van der Waals surface area contributed by atoms with Gasteiger partial charge in [0, 0.05) is 18.4 Å². The minimum atomic E-state index is -2.05. The first-order valence-electron chi connectivity index (χ1n) is 18.3. The fourth-order valence-electron chi connectivity index (χ4n) is 8.36. The Labute approximate surface area is 307 Å². The molecular weight excluding hydrogens is 669 g/mol. The molecule has 4 aromatic carbocycles. The zero-order chi connectivity index (χ0) is 36.2. The van der Waals surface area contributed by atoms with Gasteiger partial charge in [-0.2, -0.15) is 0 Å². The number of anilines is 2. The first-order chi connectivity index (χ1) is 25.3. The van der Waals surface area contributed by atoms with Gasteiger partial charge in [0.1, 0.15) is 11.5 Å². The van der Waals surface area contributed by atoms with Crippen molar-refractivity contribution in [3.63, 3.8) is 0 Å². The van der Waals surface area contributed by atoms with E-state index in [2.05, 4.69) is 66.7 Å². The molecule has 9 nitrogen and oxygen atoms in total. The number of carbonyl (C=O) groups is 1. The van der Waals surface area contributed by atoms with Crippen molar-refractivity contribution in [2.75, 3.05) is 25.2 Å². The summed E-state index contributed by atoms with van der Waals surface area (Å²) in [5.41, 5.74) is 4.95. The summed E-state index contributed by atoms with van der Waals surface area (Å²) in [7, 11) is -0.342. The first kappa shape index (κ1) is 35.6. The van der Waals surface area contributed by atoms with Crippen molar-refractivity contribution in [2.45, 2.75) is 69.5 Å². The standard InChI is InChI=1S/C42H48N4O5Si/c1-29-38(22-17-30-11-10-14-32(25-30)46-37-15-8-9-16-39(37)50-28-41(46)48)51-40(42(29)52(3,4)34-20-18-33(49-2)19-21-34)23-24-45-26-36(43-44-45)35(27-47)31-12-6-5-7-13-31/h5-16,18-21,25-26,29,35,38,40,42,47H,17,22-24,27-28H2,1-4H3/t29-,35?,38+,40-,42+/m1/s1. The van der Waals surface area contributed by atoms with E-state index in [0.29, 0.717) is 23.8 Å². The monoisotopic (exact) mass is 716 g/mol. The number of amides is 1. The van der Waals surface area contributed by atoms with E-state index in [9.17, 15) is 9.90 Å². The number of nitrogens with zero attached hydrogens (tertiary/aromatic N) is 4. The Morgan fingerprint density at radius 1 is 0.942 bits per heavy atom. The molecule has 0 aliphatic carbocycles. The number of hydrogen-bond donors (Lipinski definition) is 1. The van der Waals surface area contributed by atoms with Crippen LogP contribution in [-0.4, -0.2) is 66.6 Å². The average molecular weight is 717 g/mol. The van der Waals surface area contributed by atoms with Crippen LogP contribution in [0.1, 0.15) is 42.5 Å². The van der Waals surface area contributed by atoms with Gasteiger partial charge in [0.05, 0.1) is 51.3 Å². The Morgan fingerprint density at radius 2 is 1.71 bits per heavy atom. The number of aliphatic hydroxyl groups is 1. The van der Waals surface area contributed by atoms with Crippen molar-refractivity contribution in [3.8, 4) is 11.5 Å². The van der Waals surface area contributed by atoms with Gasteiger partial charge in [0.2, 0.25) is 0 Å². The number of aliphatic hydroxyl groups excluding tert-OH is 1. The van der Waals surface area contributed by atoms with Crippen LogP contribution < -0.4 is 19.6 Å². The van der Waals surface area contributed by atoms with Crippen LogP contribution >= 0.6 is 0 Å². The molecule has 5 aromatic rings. The van der Waals surface area contributed by atoms with Crippen LogP contribution in [0.5, 0.6) is 11.5 Å². The topological polar surface area (TPSA) is 98.9 Å². The highest BCUT2D eigenvalue weighted by molar-refractivity contribution is 6.91.